The van der Waals surface area contributed by atoms with Gasteiger partial charge in [-0.2, -0.15) is 0 Å². The zero-order valence-electron chi connectivity index (χ0n) is 17.9. The van der Waals surface area contributed by atoms with E-state index in [9.17, 15) is 14.7 Å². The lowest BCUT2D eigenvalue weighted by molar-refractivity contribution is -0.140. The highest BCUT2D eigenvalue weighted by molar-refractivity contribution is 6.08. The van der Waals surface area contributed by atoms with Gasteiger partial charge in [-0.05, 0) is 49.2 Å². The molecule has 0 aliphatic heterocycles. The molecule has 0 saturated carbocycles. The van der Waals surface area contributed by atoms with E-state index < -0.39 is 11.9 Å². The molecule has 3 N–H and O–H groups in total. The van der Waals surface area contributed by atoms with Gasteiger partial charge in [0.2, 0.25) is 0 Å². The van der Waals surface area contributed by atoms with Crippen LogP contribution in [0.15, 0.2) is 73.1 Å². The second-order valence-electron chi connectivity index (χ2n) is 7.52. The smallest absolute Gasteiger partial charge is 0.314 e. The first kappa shape index (κ1) is 23.2. The second-order valence-corrected chi connectivity index (χ2v) is 7.52. The predicted octanol–water partition coefficient (Wildman–Crippen LogP) is 3.22. The van der Waals surface area contributed by atoms with Gasteiger partial charge in [-0.15, -0.1) is 0 Å². The Morgan fingerprint density at radius 1 is 0.812 bits per heavy atom. The summed E-state index contributed by atoms with van der Waals surface area (Å²) < 4.78 is 0. The van der Waals surface area contributed by atoms with Crippen LogP contribution in [0.25, 0.3) is 0 Å². The molecular formula is C25H28N4O3. The zero-order chi connectivity index (χ0) is 22.6. The van der Waals surface area contributed by atoms with Crippen LogP contribution in [0.5, 0.6) is 0 Å². The molecule has 0 amide bonds. The number of rotatable bonds is 13. The van der Waals surface area contributed by atoms with Gasteiger partial charge >= 0.3 is 5.97 Å². The molecule has 7 heteroatoms. The fourth-order valence-corrected chi connectivity index (χ4v) is 3.34. The van der Waals surface area contributed by atoms with E-state index >= 15 is 0 Å². The molecule has 32 heavy (non-hydrogen) atoms. The SMILES string of the molecule is O=C(O)[C@@H](CCCNCc1ccccn1)C(=O)c1ccc(CNCc2ccccn2)cc1. The number of carboxylic acids is 1. The number of aliphatic carboxylic acids is 1. The number of pyridine rings is 2. The number of ketones is 1. The minimum Gasteiger partial charge on any atom is -0.481 e. The number of nitrogens with one attached hydrogen (secondary N) is 2. The first-order valence-electron chi connectivity index (χ1n) is 10.7. The maximum Gasteiger partial charge on any atom is 0.314 e. The number of benzene rings is 1. The Balaban J connectivity index is 1.44. The van der Waals surface area contributed by atoms with E-state index in [4.69, 9.17) is 0 Å². The molecule has 0 radical (unpaired) electrons. The molecule has 3 rings (SSSR count). The van der Waals surface area contributed by atoms with Crippen LogP contribution < -0.4 is 10.6 Å². The minimum atomic E-state index is -1.08. The van der Waals surface area contributed by atoms with Crippen LogP contribution in [-0.4, -0.2) is 33.4 Å². The highest BCUT2D eigenvalue weighted by Gasteiger charge is 2.26. The third-order valence-electron chi connectivity index (χ3n) is 5.09. The van der Waals surface area contributed by atoms with E-state index in [1.165, 1.54) is 0 Å². The molecule has 0 aliphatic carbocycles. The maximum absolute atomic E-state index is 12.7. The largest absolute Gasteiger partial charge is 0.481 e. The minimum absolute atomic E-state index is 0.288. The summed E-state index contributed by atoms with van der Waals surface area (Å²) in [5.41, 5.74) is 3.32. The van der Waals surface area contributed by atoms with Gasteiger partial charge in [-0.25, -0.2) is 0 Å². The number of nitrogens with zero attached hydrogens (tertiary/aromatic N) is 2. The first-order chi connectivity index (χ1) is 15.6. The summed E-state index contributed by atoms with van der Waals surface area (Å²) in [6, 6.07) is 18.6. The average molecular weight is 433 g/mol. The Kier molecular flexibility index (Phi) is 9.04. The van der Waals surface area contributed by atoms with Crippen LogP contribution in [-0.2, 0) is 24.4 Å². The summed E-state index contributed by atoms with van der Waals surface area (Å²) in [6.07, 6.45) is 4.37. The van der Waals surface area contributed by atoms with E-state index in [0.717, 1.165) is 17.0 Å². The van der Waals surface area contributed by atoms with Crippen molar-refractivity contribution in [3.63, 3.8) is 0 Å². The standard InChI is InChI=1S/C25H28N4O3/c30-24(23(25(31)32)8-5-13-26-17-21-6-1-3-14-28-21)20-11-9-19(10-12-20)16-27-18-22-7-2-4-15-29-22/h1-4,6-7,9-12,14-15,23,26-27H,5,8,13,16-18H2,(H,31,32)/t23-/m0/s1. The van der Waals surface area contributed by atoms with Gasteiger partial charge in [-0.3, -0.25) is 19.6 Å². The zero-order valence-corrected chi connectivity index (χ0v) is 17.9. The number of hydrogen-bond donors (Lipinski definition) is 3. The molecule has 2 aromatic heterocycles. The third-order valence-corrected chi connectivity index (χ3v) is 5.09. The van der Waals surface area contributed by atoms with Gasteiger partial charge in [-0.1, -0.05) is 36.4 Å². The predicted molar refractivity (Wildman–Crippen MR) is 122 cm³/mol. The van der Waals surface area contributed by atoms with Crippen LogP contribution >= 0.6 is 0 Å². The van der Waals surface area contributed by atoms with Crippen LogP contribution in [0.1, 0.15) is 40.2 Å². The Morgan fingerprint density at radius 2 is 1.44 bits per heavy atom. The Morgan fingerprint density at radius 3 is 2.00 bits per heavy atom. The molecule has 0 bridgehead atoms. The van der Waals surface area contributed by atoms with Crippen molar-refractivity contribution in [2.45, 2.75) is 32.5 Å². The fraction of sp³-hybridized carbons (Fsp3) is 0.280. The molecular weight excluding hydrogens is 404 g/mol. The topological polar surface area (TPSA) is 104 Å². The average Bonchev–Trinajstić information content (AvgIpc) is 2.82. The second kappa shape index (κ2) is 12.4. The molecule has 1 atom stereocenters. The summed E-state index contributed by atoms with van der Waals surface area (Å²) in [7, 11) is 0. The van der Waals surface area contributed by atoms with Gasteiger partial charge in [0, 0.05) is 37.6 Å². The Hall–Kier alpha value is -3.42. The van der Waals surface area contributed by atoms with Crippen molar-refractivity contribution in [3.8, 4) is 0 Å². The lowest BCUT2D eigenvalue weighted by Crippen LogP contribution is -2.25. The molecule has 0 spiro atoms. The molecule has 3 aromatic rings. The quantitative estimate of drug-likeness (QED) is 0.216. The number of aromatic nitrogens is 2. The van der Waals surface area contributed by atoms with Gasteiger partial charge in [0.05, 0.1) is 11.4 Å². The summed E-state index contributed by atoms with van der Waals surface area (Å²) in [4.78, 5) is 32.9. The number of Topliss-reactive ketones (excluding diaryl/α,β-unsaturated/α-hetero) is 1. The number of hydrogen-bond acceptors (Lipinski definition) is 6. The van der Waals surface area contributed by atoms with E-state index in [1.54, 1.807) is 24.5 Å². The van der Waals surface area contributed by atoms with Crippen molar-refractivity contribution >= 4 is 11.8 Å². The molecule has 0 saturated heterocycles. The summed E-state index contributed by atoms with van der Waals surface area (Å²) >= 11 is 0. The summed E-state index contributed by atoms with van der Waals surface area (Å²) in [5, 5.41) is 16.1. The van der Waals surface area contributed by atoms with Gasteiger partial charge in [0.15, 0.2) is 5.78 Å². The third kappa shape index (κ3) is 7.37. The summed E-state index contributed by atoms with van der Waals surface area (Å²) in [5.74, 6) is -2.48. The molecule has 0 aliphatic rings. The van der Waals surface area contributed by atoms with E-state index in [0.29, 0.717) is 38.2 Å². The number of carbonyl (C=O) groups excluding carboxylic acids is 1. The van der Waals surface area contributed by atoms with Gasteiger partial charge in [0.1, 0.15) is 5.92 Å². The summed E-state index contributed by atoms with van der Waals surface area (Å²) in [6.45, 7) is 2.52. The number of carboxylic acid groups (broad SMARTS) is 1. The molecule has 0 fully saturated rings. The molecule has 2 heterocycles. The molecule has 7 nitrogen and oxygen atoms in total. The maximum atomic E-state index is 12.7. The lowest BCUT2D eigenvalue weighted by atomic mass is 9.93. The van der Waals surface area contributed by atoms with Crippen molar-refractivity contribution in [2.24, 2.45) is 5.92 Å². The van der Waals surface area contributed by atoms with E-state index in [-0.39, 0.29) is 12.2 Å². The Bertz CT molecular complexity index is 979. The van der Waals surface area contributed by atoms with Crippen molar-refractivity contribution in [1.82, 2.24) is 20.6 Å². The van der Waals surface area contributed by atoms with Gasteiger partial charge < -0.3 is 15.7 Å². The fourth-order valence-electron chi connectivity index (χ4n) is 3.34. The molecule has 1 aromatic carbocycles. The van der Waals surface area contributed by atoms with Crippen LogP contribution in [0.4, 0.5) is 0 Å². The first-order valence-corrected chi connectivity index (χ1v) is 10.7. The van der Waals surface area contributed by atoms with E-state index in [1.807, 2.05) is 48.5 Å². The van der Waals surface area contributed by atoms with Gasteiger partial charge in [0.25, 0.3) is 0 Å². The van der Waals surface area contributed by atoms with Crippen molar-refractivity contribution < 1.29 is 14.7 Å². The van der Waals surface area contributed by atoms with Crippen LogP contribution in [0.3, 0.4) is 0 Å². The van der Waals surface area contributed by atoms with Crippen LogP contribution in [0, 0.1) is 5.92 Å². The monoisotopic (exact) mass is 432 g/mol. The van der Waals surface area contributed by atoms with E-state index in [2.05, 4.69) is 20.6 Å². The van der Waals surface area contributed by atoms with Crippen molar-refractivity contribution in [1.29, 1.82) is 0 Å². The van der Waals surface area contributed by atoms with Crippen LogP contribution in [0.2, 0.25) is 0 Å². The van der Waals surface area contributed by atoms with Crippen molar-refractivity contribution in [3.05, 3.63) is 95.6 Å². The normalized spacial score (nSPS) is 11.8. The number of carbonyl (C=O) groups is 2. The molecule has 0 unspecified atom stereocenters. The highest BCUT2D eigenvalue weighted by atomic mass is 16.4. The molecule has 166 valence electrons. The Labute approximate surface area is 187 Å². The highest BCUT2D eigenvalue weighted by Crippen LogP contribution is 2.16. The van der Waals surface area contributed by atoms with Crippen molar-refractivity contribution in [2.75, 3.05) is 6.54 Å². The lowest BCUT2D eigenvalue weighted by Gasteiger charge is -2.12.